The number of aromatic nitrogens is 2. The number of hydrogen-bond donors (Lipinski definition) is 2. The number of nitrogens with one attached hydrogen (secondary N) is 1. The van der Waals surface area contributed by atoms with E-state index in [0.29, 0.717) is 17.4 Å². The summed E-state index contributed by atoms with van der Waals surface area (Å²) in [6.07, 6.45) is 2.14. The molecule has 1 unspecified atom stereocenters. The van der Waals surface area contributed by atoms with E-state index in [0.717, 1.165) is 17.7 Å². The highest BCUT2D eigenvalue weighted by Crippen LogP contribution is 2.37. The van der Waals surface area contributed by atoms with Gasteiger partial charge in [0, 0.05) is 19.2 Å². The molecule has 0 saturated carbocycles. The molecule has 114 valence electrons. The highest BCUT2D eigenvalue weighted by Gasteiger charge is 2.27. The maximum absolute atomic E-state index is 11.8. The van der Waals surface area contributed by atoms with Gasteiger partial charge in [0.25, 0.3) is 0 Å². The first-order valence-corrected chi connectivity index (χ1v) is 7.35. The van der Waals surface area contributed by atoms with Crippen molar-refractivity contribution in [2.75, 3.05) is 22.5 Å². The molecule has 0 spiro atoms. The van der Waals surface area contributed by atoms with E-state index in [1.165, 1.54) is 6.33 Å². The van der Waals surface area contributed by atoms with E-state index >= 15 is 0 Å². The van der Waals surface area contributed by atoms with E-state index in [4.69, 9.17) is 17.3 Å². The van der Waals surface area contributed by atoms with Gasteiger partial charge in [-0.15, -0.1) is 0 Å². The minimum absolute atomic E-state index is 0.0126. The van der Waals surface area contributed by atoms with Crippen molar-refractivity contribution in [3.63, 3.8) is 0 Å². The molecular weight excluding hydrogens is 302 g/mol. The predicted molar refractivity (Wildman–Crippen MR) is 86.9 cm³/mol. The average molecular weight is 318 g/mol. The van der Waals surface area contributed by atoms with E-state index in [1.807, 2.05) is 24.3 Å². The lowest BCUT2D eigenvalue weighted by molar-refractivity contribution is -0.116. The zero-order valence-corrected chi connectivity index (χ0v) is 12.8. The van der Waals surface area contributed by atoms with Gasteiger partial charge in [0.05, 0.1) is 6.04 Å². The molecule has 0 bridgehead atoms. The van der Waals surface area contributed by atoms with Crippen LogP contribution in [0.2, 0.25) is 5.02 Å². The second-order valence-corrected chi connectivity index (χ2v) is 5.51. The number of anilines is 3. The topological polar surface area (TPSA) is 84.1 Å². The number of hydrogen-bond acceptors (Lipinski definition) is 5. The summed E-state index contributed by atoms with van der Waals surface area (Å²) in [5.41, 5.74) is 7.66. The van der Waals surface area contributed by atoms with Crippen molar-refractivity contribution in [2.24, 2.45) is 0 Å². The van der Waals surface area contributed by atoms with Gasteiger partial charge in [-0.2, -0.15) is 0 Å². The number of amides is 1. The first kappa shape index (κ1) is 14.6. The van der Waals surface area contributed by atoms with Gasteiger partial charge < -0.3 is 16.0 Å². The monoisotopic (exact) mass is 317 g/mol. The number of carbonyl (C=O) groups excluding carboxylic acids is 1. The van der Waals surface area contributed by atoms with Crippen LogP contribution in [-0.4, -0.2) is 22.4 Å². The van der Waals surface area contributed by atoms with Gasteiger partial charge in [-0.05, 0) is 18.1 Å². The fraction of sp³-hybridized carbons (Fsp3) is 0.267. The number of nitrogens with zero attached hydrogens (tertiary/aromatic N) is 3. The second-order valence-electron chi connectivity index (χ2n) is 5.14. The molecule has 1 atom stereocenters. The quantitative estimate of drug-likeness (QED) is 0.889. The van der Waals surface area contributed by atoms with Crippen LogP contribution in [0.1, 0.15) is 24.9 Å². The molecule has 0 saturated heterocycles. The van der Waals surface area contributed by atoms with Crippen molar-refractivity contribution in [1.82, 2.24) is 9.97 Å². The van der Waals surface area contributed by atoms with Gasteiger partial charge in [0.2, 0.25) is 5.91 Å². The van der Waals surface area contributed by atoms with Crippen molar-refractivity contribution in [3.05, 3.63) is 41.2 Å². The number of para-hydroxylation sites is 1. The first-order valence-electron chi connectivity index (χ1n) is 6.97. The van der Waals surface area contributed by atoms with Crippen molar-refractivity contribution < 1.29 is 4.79 Å². The van der Waals surface area contributed by atoms with Gasteiger partial charge in [0.15, 0.2) is 5.82 Å². The maximum Gasteiger partial charge on any atom is 0.223 e. The number of rotatable bonds is 2. The highest BCUT2D eigenvalue weighted by molar-refractivity contribution is 6.35. The third kappa shape index (κ3) is 2.57. The highest BCUT2D eigenvalue weighted by atomic mass is 35.5. The smallest absolute Gasteiger partial charge is 0.223 e. The molecule has 3 rings (SSSR count). The molecular formula is C15H16ClN5O. The minimum Gasteiger partial charge on any atom is -0.382 e. The normalized spacial score (nSPS) is 17.0. The Morgan fingerprint density at radius 1 is 1.41 bits per heavy atom. The Morgan fingerprint density at radius 3 is 2.95 bits per heavy atom. The lowest BCUT2D eigenvalue weighted by Gasteiger charge is -2.34. The Bertz CT molecular complexity index is 721. The number of carbonyl (C=O) groups is 1. The van der Waals surface area contributed by atoms with Gasteiger partial charge in [-0.1, -0.05) is 29.8 Å². The summed E-state index contributed by atoms with van der Waals surface area (Å²) in [4.78, 5) is 21.6. The molecule has 1 aromatic heterocycles. The fourth-order valence-corrected chi connectivity index (χ4v) is 2.84. The summed E-state index contributed by atoms with van der Waals surface area (Å²) in [7, 11) is 0. The molecule has 1 aliphatic heterocycles. The van der Waals surface area contributed by atoms with Crippen molar-refractivity contribution in [2.45, 2.75) is 19.4 Å². The summed E-state index contributed by atoms with van der Waals surface area (Å²) >= 11 is 6.14. The first-order chi connectivity index (χ1) is 10.6. The molecule has 22 heavy (non-hydrogen) atoms. The summed E-state index contributed by atoms with van der Waals surface area (Å²) in [5.74, 6) is 0.786. The molecule has 1 aromatic carbocycles. The Labute approximate surface area is 133 Å². The summed E-state index contributed by atoms with van der Waals surface area (Å²) in [6, 6.07) is 7.83. The Kier molecular flexibility index (Phi) is 3.85. The van der Waals surface area contributed by atoms with Crippen molar-refractivity contribution >= 4 is 34.8 Å². The number of halogens is 1. The van der Waals surface area contributed by atoms with Crippen LogP contribution in [0.15, 0.2) is 30.6 Å². The van der Waals surface area contributed by atoms with Gasteiger partial charge in [-0.3, -0.25) is 4.79 Å². The molecule has 0 aliphatic carbocycles. The second kappa shape index (κ2) is 5.81. The Morgan fingerprint density at radius 2 is 2.18 bits per heavy atom. The number of fused-ring (bicyclic) bond motifs is 1. The molecule has 2 aromatic rings. The standard InChI is InChI=1S/C15H16ClN5O/c1-9(22)21-7-6-11(10-4-2-3-5-12(10)21)20-15-13(16)14(17)18-8-19-15/h2-5,8,11H,6-7H2,1H3,(H3,17,18,19,20). The minimum atomic E-state index is 0.0126. The Balaban J connectivity index is 1.94. The van der Waals surface area contributed by atoms with Crippen molar-refractivity contribution in [3.8, 4) is 0 Å². The van der Waals surface area contributed by atoms with E-state index in [-0.39, 0.29) is 17.8 Å². The molecule has 2 heterocycles. The van der Waals surface area contributed by atoms with E-state index in [9.17, 15) is 4.79 Å². The summed E-state index contributed by atoms with van der Waals surface area (Å²) in [5, 5.41) is 3.62. The van der Waals surface area contributed by atoms with Crippen LogP contribution in [0, 0.1) is 0 Å². The van der Waals surface area contributed by atoms with Crippen LogP contribution in [0.4, 0.5) is 17.3 Å². The molecule has 3 N–H and O–H groups in total. The molecule has 1 aliphatic rings. The van der Waals surface area contributed by atoms with Gasteiger partial charge in [0.1, 0.15) is 17.2 Å². The maximum atomic E-state index is 11.8. The molecule has 7 heteroatoms. The van der Waals surface area contributed by atoms with Gasteiger partial charge in [-0.25, -0.2) is 9.97 Å². The van der Waals surface area contributed by atoms with Crippen LogP contribution in [0.25, 0.3) is 0 Å². The summed E-state index contributed by atoms with van der Waals surface area (Å²) < 4.78 is 0. The van der Waals surface area contributed by atoms with E-state index < -0.39 is 0 Å². The summed E-state index contributed by atoms with van der Waals surface area (Å²) in [6.45, 7) is 2.22. The SMILES string of the molecule is CC(=O)N1CCC(Nc2ncnc(N)c2Cl)c2ccccc21. The Hall–Kier alpha value is -2.34. The van der Waals surface area contributed by atoms with E-state index in [1.54, 1.807) is 11.8 Å². The lowest BCUT2D eigenvalue weighted by atomic mass is 9.96. The van der Waals surface area contributed by atoms with Gasteiger partial charge >= 0.3 is 0 Å². The zero-order valence-electron chi connectivity index (χ0n) is 12.1. The molecule has 0 fully saturated rings. The van der Waals surface area contributed by atoms with Crippen LogP contribution in [-0.2, 0) is 4.79 Å². The van der Waals surface area contributed by atoms with E-state index in [2.05, 4.69) is 15.3 Å². The number of benzene rings is 1. The molecule has 1 amide bonds. The number of nitrogen functional groups attached to an aromatic ring is 1. The molecule has 0 radical (unpaired) electrons. The van der Waals surface area contributed by atoms with Crippen LogP contribution in [0.5, 0.6) is 0 Å². The largest absolute Gasteiger partial charge is 0.382 e. The lowest BCUT2D eigenvalue weighted by Crippen LogP contribution is -2.36. The van der Waals surface area contributed by atoms with Crippen LogP contribution < -0.4 is 16.0 Å². The fourth-order valence-electron chi connectivity index (χ4n) is 2.69. The van der Waals surface area contributed by atoms with Crippen molar-refractivity contribution in [1.29, 1.82) is 0 Å². The molecule has 6 nitrogen and oxygen atoms in total. The third-order valence-electron chi connectivity index (χ3n) is 3.75. The average Bonchev–Trinajstić information content (AvgIpc) is 2.51. The van der Waals surface area contributed by atoms with Crippen LogP contribution in [0.3, 0.4) is 0 Å². The van der Waals surface area contributed by atoms with Crippen LogP contribution >= 0.6 is 11.6 Å². The predicted octanol–water partition coefficient (Wildman–Crippen LogP) is 2.62. The third-order valence-corrected chi connectivity index (χ3v) is 4.12. The zero-order chi connectivity index (χ0) is 15.7. The number of nitrogens with two attached hydrogens (primary N) is 1.